The van der Waals surface area contributed by atoms with Gasteiger partial charge in [-0.15, -0.1) is 11.3 Å². The molecule has 1 heterocycles. The number of hydrogen-bond acceptors (Lipinski definition) is 4. The molecule has 0 aromatic carbocycles. The molecule has 1 aromatic rings. The Morgan fingerprint density at radius 3 is 2.69 bits per heavy atom. The van der Waals surface area contributed by atoms with E-state index in [1.165, 1.54) is 4.88 Å². The molecule has 0 aliphatic rings. The van der Waals surface area contributed by atoms with Crippen molar-refractivity contribution in [2.75, 3.05) is 33.5 Å². The van der Waals surface area contributed by atoms with Gasteiger partial charge < -0.3 is 14.2 Å². The van der Waals surface area contributed by atoms with Gasteiger partial charge in [0, 0.05) is 35.1 Å². The van der Waals surface area contributed by atoms with E-state index in [2.05, 4.69) is 27.4 Å². The zero-order valence-corrected chi connectivity index (χ0v) is 11.8. The number of methoxy groups -OCH3 is 1. The van der Waals surface area contributed by atoms with Gasteiger partial charge in [0.15, 0.2) is 0 Å². The van der Waals surface area contributed by atoms with Crippen LogP contribution in [0.5, 0.6) is 0 Å². The first-order valence-corrected chi connectivity index (χ1v) is 6.87. The van der Waals surface area contributed by atoms with Crippen LogP contribution in [0, 0.1) is 0 Å². The first-order chi connectivity index (χ1) is 7.83. The van der Waals surface area contributed by atoms with Crippen molar-refractivity contribution < 1.29 is 14.2 Å². The van der Waals surface area contributed by atoms with Crippen molar-refractivity contribution in [1.82, 2.24) is 0 Å². The van der Waals surface area contributed by atoms with Crippen molar-refractivity contribution in [2.45, 2.75) is 13.0 Å². The summed E-state index contributed by atoms with van der Waals surface area (Å²) in [4.78, 5) is 1.23. The highest BCUT2D eigenvalue weighted by Crippen LogP contribution is 2.20. The Balaban J connectivity index is 1.88. The molecule has 0 radical (unpaired) electrons. The van der Waals surface area contributed by atoms with E-state index in [0.29, 0.717) is 19.8 Å². The topological polar surface area (TPSA) is 27.7 Å². The quantitative estimate of drug-likeness (QED) is 0.656. The van der Waals surface area contributed by atoms with Crippen LogP contribution < -0.4 is 0 Å². The van der Waals surface area contributed by atoms with E-state index in [4.69, 9.17) is 14.2 Å². The standard InChI is InChI=1S/C11H17BrO3S/c1-13-3-2-4-14-5-6-15-8-11-7-10(12)9-16-11/h7,9H,2-6,8H2,1H3. The Morgan fingerprint density at radius 2 is 2.00 bits per heavy atom. The van der Waals surface area contributed by atoms with Gasteiger partial charge in [-0.05, 0) is 28.4 Å². The third-order valence-electron chi connectivity index (χ3n) is 1.88. The van der Waals surface area contributed by atoms with Gasteiger partial charge in [-0.25, -0.2) is 0 Å². The molecule has 0 bridgehead atoms. The lowest BCUT2D eigenvalue weighted by molar-refractivity contribution is 0.0344. The third-order valence-corrected chi connectivity index (χ3v) is 3.55. The molecule has 0 saturated heterocycles. The molecule has 3 nitrogen and oxygen atoms in total. The van der Waals surface area contributed by atoms with Crippen LogP contribution in [0.3, 0.4) is 0 Å². The Hall–Kier alpha value is 0.0600. The molecule has 0 fully saturated rings. The number of halogens is 1. The fourth-order valence-corrected chi connectivity index (χ4v) is 2.51. The molecule has 0 N–H and O–H groups in total. The maximum absolute atomic E-state index is 5.47. The molecule has 0 aliphatic carbocycles. The second kappa shape index (κ2) is 9.13. The van der Waals surface area contributed by atoms with Crippen LogP contribution in [-0.4, -0.2) is 33.5 Å². The van der Waals surface area contributed by atoms with E-state index < -0.39 is 0 Å². The van der Waals surface area contributed by atoms with Gasteiger partial charge in [0.2, 0.25) is 0 Å². The van der Waals surface area contributed by atoms with Crippen LogP contribution >= 0.6 is 27.3 Å². The predicted molar refractivity (Wildman–Crippen MR) is 69.0 cm³/mol. The smallest absolute Gasteiger partial charge is 0.0810 e. The zero-order chi connectivity index (χ0) is 11.6. The predicted octanol–water partition coefficient (Wildman–Crippen LogP) is 3.08. The Labute approximate surface area is 109 Å². The molecule has 0 saturated carbocycles. The lowest BCUT2D eigenvalue weighted by Gasteiger charge is -2.04. The van der Waals surface area contributed by atoms with Gasteiger partial charge in [0.25, 0.3) is 0 Å². The van der Waals surface area contributed by atoms with Crippen LogP contribution in [0.25, 0.3) is 0 Å². The van der Waals surface area contributed by atoms with E-state index in [1.807, 2.05) is 0 Å². The highest BCUT2D eigenvalue weighted by atomic mass is 79.9. The average molecular weight is 309 g/mol. The van der Waals surface area contributed by atoms with Gasteiger partial charge >= 0.3 is 0 Å². The SMILES string of the molecule is COCCCOCCOCc1cc(Br)cs1. The molecule has 5 heteroatoms. The van der Waals surface area contributed by atoms with Gasteiger partial charge in [-0.3, -0.25) is 0 Å². The molecule has 0 atom stereocenters. The van der Waals surface area contributed by atoms with Crippen LogP contribution in [0.1, 0.15) is 11.3 Å². The molecule has 0 unspecified atom stereocenters. The molecule has 16 heavy (non-hydrogen) atoms. The van der Waals surface area contributed by atoms with Crippen molar-refractivity contribution in [3.05, 3.63) is 20.8 Å². The Kier molecular flexibility index (Phi) is 8.06. The number of ether oxygens (including phenoxy) is 3. The summed E-state index contributed by atoms with van der Waals surface area (Å²) >= 11 is 5.10. The minimum atomic E-state index is 0.641. The molecular formula is C11H17BrO3S. The highest BCUT2D eigenvalue weighted by Gasteiger charge is 1.97. The molecular weight excluding hydrogens is 292 g/mol. The van der Waals surface area contributed by atoms with Crippen molar-refractivity contribution in [2.24, 2.45) is 0 Å². The molecule has 0 amide bonds. The zero-order valence-electron chi connectivity index (χ0n) is 9.41. The molecule has 1 rings (SSSR count). The molecule has 1 aromatic heterocycles. The van der Waals surface area contributed by atoms with Crippen LogP contribution in [0.4, 0.5) is 0 Å². The average Bonchev–Trinajstić information content (AvgIpc) is 2.68. The first kappa shape index (κ1) is 14.1. The lowest BCUT2D eigenvalue weighted by atomic mass is 10.5. The van der Waals surface area contributed by atoms with Crippen LogP contribution in [-0.2, 0) is 20.8 Å². The van der Waals surface area contributed by atoms with Gasteiger partial charge in [0.1, 0.15) is 0 Å². The highest BCUT2D eigenvalue weighted by molar-refractivity contribution is 9.10. The molecule has 0 spiro atoms. The summed E-state index contributed by atoms with van der Waals surface area (Å²) in [5, 5.41) is 2.06. The largest absolute Gasteiger partial charge is 0.385 e. The maximum atomic E-state index is 5.47. The number of thiophene rings is 1. The van der Waals surface area contributed by atoms with Crippen molar-refractivity contribution in [1.29, 1.82) is 0 Å². The second-order valence-corrected chi connectivity index (χ2v) is 5.15. The monoisotopic (exact) mass is 308 g/mol. The lowest BCUT2D eigenvalue weighted by Crippen LogP contribution is -2.06. The summed E-state index contributed by atoms with van der Waals surface area (Å²) in [5.74, 6) is 0. The van der Waals surface area contributed by atoms with E-state index in [9.17, 15) is 0 Å². The number of hydrogen-bond donors (Lipinski definition) is 0. The molecule has 0 aliphatic heterocycles. The van der Waals surface area contributed by atoms with E-state index >= 15 is 0 Å². The second-order valence-electron chi connectivity index (χ2n) is 3.24. The normalized spacial score (nSPS) is 10.9. The van der Waals surface area contributed by atoms with E-state index in [0.717, 1.165) is 24.1 Å². The first-order valence-electron chi connectivity index (χ1n) is 5.20. The van der Waals surface area contributed by atoms with Gasteiger partial charge in [-0.2, -0.15) is 0 Å². The summed E-state index contributed by atoms with van der Waals surface area (Å²) in [7, 11) is 1.70. The van der Waals surface area contributed by atoms with Gasteiger partial charge in [-0.1, -0.05) is 0 Å². The van der Waals surface area contributed by atoms with Crippen molar-refractivity contribution in [3.8, 4) is 0 Å². The summed E-state index contributed by atoms with van der Waals surface area (Å²) in [6.45, 7) is 3.45. The van der Waals surface area contributed by atoms with E-state index in [-0.39, 0.29) is 0 Å². The van der Waals surface area contributed by atoms with Crippen LogP contribution in [0.15, 0.2) is 15.9 Å². The van der Waals surface area contributed by atoms with E-state index in [1.54, 1.807) is 18.4 Å². The summed E-state index contributed by atoms with van der Waals surface area (Å²) < 4.78 is 16.9. The minimum absolute atomic E-state index is 0.641. The fourth-order valence-electron chi connectivity index (χ4n) is 1.13. The number of rotatable bonds is 9. The van der Waals surface area contributed by atoms with Gasteiger partial charge in [0.05, 0.1) is 19.8 Å². The summed E-state index contributed by atoms with van der Waals surface area (Å²) in [6.07, 6.45) is 0.939. The fraction of sp³-hybridized carbons (Fsp3) is 0.636. The van der Waals surface area contributed by atoms with Crippen molar-refractivity contribution >= 4 is 27.3 Å². The minimum Gasteiger partial charge on any atom is -0.385 e. The third kappa shape index (κ3) is 6.60. The van der Waals surface area contributed by atoms with Crippen molar-refractivity contribution in [3.63, 3.8) is 0 Å². The summed E-state index contributed by atoms with van der Waals surface area (Å²) in [6, 6.07) is 2.07. The maximum Gasteiger partial charge on any atom is 0.0810 e. The Morgan fingerprint density at radius 1 is 1.19 bits per heavy atom. The molecule has 92 valence electrons. The van der Waals surface area contributed by atoms with Crippen LogP contribution in [0.2, 0.25) is 0 Å². The summed E-state index contributed by atoms with van der Waals surface area (Å²) in [5.41, 5.74) is 0. The Bertz CT molecular complexity index is 278.